The SMILES string of the molecule is C[C@H](Nc1ncnc(N)c1I)c1cc2cccc(F)c2c(=O)n1C1CC1. The Kier molecular flexibility index (Phi) is 4.29. The number of nitrogen functional groups attached to an aromatic ring is 1. The maximum Gasteiger partial charge on any atom is 0.261 e. The molecule has 3 aromatic rings. The summed E-state index contributed by atoms with van der Waals surface area (Å²) in [4.78, 5) is 21.2. The molecule has 1 saturated carbocycles. The van der Waals surface area contributed by atoms with Gasteiger partial charge in [-0.2, -0.15) is 0 Å². The zero-order chi connectivity index (χ0) is 18.4. The van der Waals surface area contributed by atoms with Crippen LogP contribution >= 0.6 is 22.6 Å². The number of rotatable bonds is 4. The fourth-order valence-electron chi connectivity index (χ4n) is 3.16. The fourth-order valence-corrected chi connectivity index (χ4v) is 3.59. The average molecular weight is 465 g/mol. The minimum Gasteiger partial charge on any atom is -0.383 e. The van der Waals surface area contributed by atoms with Crippen molar-refractivity contribution in [3.8, 4) is 0 Å². The van der Waals surface area contributed by atoms with E-state index < -0.39 is 5.82 Å². The highest BCUT2D eigenvalue weighted by Gasteiger charge is 2.30. The van der Waals surface area contributed by atoms with Crippen LogP contribution in [0.15, 0.2) is 35.4 Å². The second-order valence-corrected chi connectivity index (χ2v) is 7.55. The lowest BCUT2D eigenvalue weighted by atomic mass is 10.1. The molecule has 2 aromatic heterocycles. The number of fused-ring (bicyclic) bond motifs is 1. The van der Waals surface area contributed by atoms with E-state index in [0.29, 0.717) is 17.0 Å². The van der Waals surface area contributed by atoms with Crippen molar-refractivity contribution in [2.45, 2.75) is 31.8 Å². The van der Waals surface area contributed by atoms with Crippen molar-refractivity contribution in [2.75, 3.05) is 11.1 Å². The van der Waals surface area contributed by atoms with Crippen LogP contribution in [0.4, 0.5) is 16.0 Å². The van der Waals surface area contributed by atoms with Gasteiger partial charge >= 0.3 is 0 Å². The van der Waals surface area contributed by atoms with Crippen LogP contribution in [0, 0.1) is 9.39 Å². The summed E-state index contributed by atoms with van der Waals surface area (Å²) in [5, 5.41) is 4.06. The molecule has 0 amide bonds. The number of hydrogen-bond donors (Lipinski definition) is 2. The van der Waals surface area contributed by atoms with E-state index in [1.807, 2.05) is 13.0 Å². The molecule has 0 radical (unpaired) electrons. The van der Waals surface area contributed by atoms with Crippen LogP contribution in [-0.2, 0) is 0 Å². The van der Waals surface area contributed by atoms with Crippen LogP contribution in [0.2, 0.25) is 0 Å². The summed E-state index contributed by atoms with van der Waals surface area (Å²) in [5.41, 5.74) is 6.38. The van der Waals surface area contributed by atoms with Crippen LogP contribution in [0.25, 0.3) is 10.8 Å². The molecular formula is C18H17FIN5O. The molecule has 8 heteroatoms. The number of halogens is 2. The zero-order valence-corrected chi connectivity index (χ0v) is 16.2. The lowest BCUT2D eigenvalue weighted by molar-refractivity contribution is 0.617. The summed E-state index contributed by atoms with van der Waals surface area (Å²) in [6.45, 7) is 1.95. The van der Waals surface area contributed by atoms with E-state index in [4.69, 9.17) is 5.73 Å². The zero-order valence-electron chi connectivity index (χ0n) is 14.0. The Morgan fingerprint density at radius 1 is 1.38 bits per heavy atom. The molecule has 134 valence electrons. The van der Waals surface area contributed by atoms with Crippen molar-refractivity contribution < 1.29 is 4.39 Å². The molecule has 2 heterocycles. The predicted octanol–water partition coefficient (Wildman–Crippen LogP) is 3.63. The fraction of sp³-hybridized carbons (Fsp3) is 0.278. The second kappa shape index (κ2) is 6.49. The van der Waals surface area contributed by atoms with Crippen LogP contribution in [-0.4, -0.2) is 14.5 Å². The Morgan fingerprint density at radius 2 is 2.15 bits per heavy atom. The van der Waals surface area contributed by atoms with Gasteiger partial charge in [0.1, 0.15) is 23.8 Å². The van der Waals surface area contributed by atoms with Crippen molar-refractivity contribution in [1.82, 2.24) is 14.5 Å². The molecule has 1 atom stereocenters. The second-order valence-electron chi connectivity index (χ2n) is 6.47. The topological polar surface area (TPSA) is 85.8 Å². The molecule has 1 fully saturated rings. The van der Waals surface area contributed by atoms with E-state index in [-0.39, 0.29) is 23.0 Å². The average Bonchev–Trinajstić information content (AvgIpc) is 3.43. The lowest BCUT2D eigenvalue weighted by Gasteiger charge is -2.21. The first-order chi connectivity index (χ1) is 12.5. The first-order valence-electron chi connectivity index (χ1n) is 8.33. The maximum absolute atomic E-state index is 14.2. The number of pyridine rings is 1. The Bertz CT molecular complexity index is 1060. The van der Waals surface area contributed by atoms with E-state index in [0.717, 1.165) is 22.1 Å². The van der Waals surface area contributed by atoms with E-state index in [9.17, 15) is 9.18 Å². The summed E-state index contributed by atoms with van der Waals surface area (Å²) in [5.74, 6) is 0.530. The summed E-state index contributed by atoms with van der Waals surface area (Å²) < 4.78 is 16.7. The van der Waals surface area contributed by atoms with Gasteiger partial charge in [-0.1, -0.05) is 12.1 Å². The molecule has 1 aliphatic carbocycles. The minimum atomic E-state index is -0.479. The van der Waals surface area contributed by atoms with Gasteiger partial charge in [-0.15, -0.1) is 0 Å². The molecule has 3 N–H and O–H groups in total. The number of nitrogens with two attached hydrogens (primary N) is 1. The van der Waals surface area contributed by atoms with Crippen LogP contribution in [0.3, 0.4) is 0 Å². The van der Waals surface area contributed by atoms with Crippen molar-refractivity contribution in [3.63, 3.8) is 0 Å². The van der Waals surface area contributed by atoms with E-state index in [2.05, 4.69) is 37.9 Å². The monoisotopic (exact) mass is 465 g/mol. The molecule has 0 spiro atoms. The van der Waals surface area contributed by atoms with Crippen molar-refractivity contribution in [1.29, 1.82) is 0 Å². The lowest BCUT2D eigenvalue weighted by Crippen LogP contribution is -2.27. The third-order valence-electron chi connectivity index (χ3n) is 4.59. The quantitative estimate of drug-likeness (QED) is 0.575. The molecular weight excluding hydrogens is 448 g/mol. The highest BCUT2D eigenvalue weighted by molar-refractivity contribution is 14.1. The Hall–Kier alpha value is -2.23. The van der Waals surface area contributed by atoms with Gasteiger partial charge in [-0.25, -0.2) is 14.4 Å². The van der Waals surface area contributed by atoms with Crippen LogP contribution < -0.4 is 16.6 Å². The molecule has 0 saturated heterocycles. The Labute approximate surface area is 162 Å². The normalized spacial score (nSPS) is 15.2. The number of hydrogen-bond acceptors (Lipinski definition) is 5. The van der Waals surface area contributed by atoms with Gasteiger partial charge in [0.25, 0.3) is 5.56 Å². The minimum absolute atomic E-state index is 0.125. The van der Waals surface area contributed by atoms with Gasteiger partial charge < -0.3 is 15.6 Å². The first kappa shape index (κ1) is 17.2. The number of nitrogens with zero attached hydrogens (tertiary/aromatic N) is 3. The molecule has 1 aliphatic rings. The van der Waals surface area contributed by atoms with Gasteiger partial charge in [-0.05, 0) is 59.9 Å². The summed E-state index contributed by atoms with van der Waals surface area (Å²) in [6.07, 6.45) is 3.26. The van der Waals surface area contributed by atoms with Crippen LogP contribution in [0.1, 0.15) is 37.5 Å². The summed E-state index contributed by atoms with van der Waals surface area (Å²) in [7, 11) is 0. The molecule has 26 heavy (non-hydrogen) atoms. The van der Waals surface area contributed by atoms with E-state index >= 15 is 0 Å². The largest absolute Gasteiger partial charge is 0.383 e. The summed E-state index contributed by atoms with van der Waals surface area (Å²) in [6, 6.07) is 6.51. The highest BCUT2D eigenvalue weighted by atomic mass is 127. The smallest absolute Gasteiger partial charge is 0.261 e. The van der Waals surface area contributed by atoms with Gasteiger partial charge in [0.05, 0.1) is 15.0 Å². The highest BCUT2D eigenvalue weighted by Crippen LogP contribution is 2.37. The van der Waals surface area contributed by atoms with Crippen molar-refractivity contribution in [2.24, 2.45) is 0 Å². The number of nitrogens with one attached hydrogen (secondary N) is 1. The molecule has 6 nitrogen and oxygen atoms in total. The van der Waals surface area contributed by atoms with Crippen molar-refractivity contribution >= 4 is 45.0 Å². The van der Waals surface area contributed by atoms with Crippen LogP contribution in [0.5, 0.6) is 0 Å². The molecule has 4 rings (SSSR count). The third kappa shape index (κ3) is 2.91. The standard InChI is InChI=1S/C18H17FIN5O/c1-9(24-17-15(20)16(21)22-8-23-17)13-7-10-3-2-4-12(19)14(10)18(26)25(13)11-5-6-11/h2-4,7-9,11H,5-6H2,1H3,(H3,21,22,23,24)/t9-/m0/s1. The van der Waals surface area contributed by atoms with Gasteiger partial charge in [0.2, 0.25) is 0 Å². The number of anilines is 2. The number of aromatic nitrogens is 3. The van der Waals surface area contributed by atoms with Gasteiger partial charge in [0.15, 0.2) is 0 Å². The van der Waals surface area contributed by atoms with E-state index in [1.165, 1.54) is 12.4 Å². The Morgan fingerprint density at radius 3 is 2.88 bits per heavy atom. The van der Waals surface area contributed by atoms with E-state index in [1.54, 1.807) is 16.7 Å². The first-order valence-corrected chi connectivity index (χ1v) is 9.41. The molecule has 0 aliphatic heterocycles. The Balaban J connectivity index is 1.84. The van der Waals surface area contributed by atoms with Gasteiger partial charge in [0, 0.05) is 11.7 Å². The van der Waals surface area contributed by atoms with Crippen molar-refractivity contribution in [3.05, 3.63) is 56.0 Å². The molecule has 1 aromatic carbocycles. The maximum atomic E-state index is 14.2. The summed E-state index contributed by atoms with van der Waals surface area (Å²) >= 11 is 2.09. The third-order valence-corrected chi connectivity index (χ3v) is 5.65. The predicted molar refractivity (Wildman–Crippen MR) is 108 cm³/mol. The number of benzene rings is 1. The molecule has 0 bridgehead atoms. The van der Waals surface area contributed by atoms with Gasteiger partial charge in [-0.3, -0.25) is 4.79 Å². The molecule has 0 unspecified atom stereocenters.